The number of carbonyl (C=O) groups is 4. The van der Waals surface area contributed by atoms with Crippen LogP contribution in [0.1, 0.15) is 97.3 Å². The van der Waals surface area contributed by atoms with E-state index in [4.69, 9.17) is 18.9 Å². The minimum atomic E-state index is -0.505. The highest BCUT2D eigenvalue weighted by atomic mass is 16.6. The van der Waals surface area contributed by atoms with E-state index >= 15 is 0 Å². The van der Waals surface area contributed by atoms with E-state index in [0.29, 0.717) is 50.9 Å². The van der Waals surface area contributed by atoms with Gasteiger partial charge in [0, 0.05) is 24.8 Å². The van der Waals surface area contributed by atoms with Crippen LogP contribution >= 0.6 is 0 Å². The van der Waals surface area contributed by atoms with Gasteiger partial charge in [0.1, 0.15) is 13.2 Å². The SMILES string of the molecule is C=C(C)C(=O)OCCOC(=O)CCCCCOC(=O)CCCCCOC(=O)CCCCCC. The van der Waals surface area contributed by atoms with Gasteiger partial charge in [-0.3, -0.25) is 14.4 Å². The Balaban J connectivity index is 3.43. The zero-order chi connectivity index (χ0) is 24.7. The molecule has 0 aromatic rings. The molecule has 0 spiro atoms. The van der Waals surface area contributed by atoms with Crippen LogP contribution in [0.4, 0.5) is 0 Å². The second kappa shape index (κ2) is 21.5. The molecule has 0 fully saturated rings. The average molecular weight is 471 g/mol. The third-order valence-electron chi connectivity index (χ3n) is 4.74. The third kappa shape index (κ3) is 21.2. The Morgan fingerprint density at radius 1 is 0.545 bits per heavy atom. The van der Waals surface area contributed by atoms with Crippen LogP contribution in [0.3, 0.4) is 0 Å². The minimum Gasteiger partial charge on any atom is -0.466 e. The van der Waals surface area contributed by atoms with Crippen molar-refractivity contribution in [2.45, 2.75) is 97.3 Å². The van der Waals surface area contributed by atoms with Gasteiger partial charge in [0.2, 0.25) is 0 Å². The highest BCUT2D eigenvalue weighted by Crippen LogP contribution is 2.07. The zero-order valence-corrected chi connectivity index (χ0v) is 20.5. The van der Waals surface area contributed by atoms with Crippen LogP contribution in [-0.2, 0) is 38.1 Å². The summed E-state index contributed by atoms with van der Waals surface area (Å²) < 4.78 is 20.2. The van der Waals surface area contributed by atoms with Crippen LogP contribution < -0.4 is 0 Å². The zero-order valence-electron chi connectivity index (χ0n) is 20.5. The van der Waals surface area contributed by atoms with E-state index in [1.54, 1.807) is 6.92 Å². The van der Waals surface area contributed by atoms with E-state index in [1.165, 1.54) is 0 Å². The van der Waals surface area contributed by atoms with Gasteiger partial charge in [0.15, 0.2) is 0 Å². The van der Waals surface area contributed by atoms with Gasteiger partial charge in [-0.2, -0.15) is 0 Å². The van der Waals surface area contributed by atoms with E-state index in [2.05, 4.69) is 13.5 Å². The Morgan fingerprint density at radius 2 is 0.939 bits per heavy atom. The predicted octanol–water partition coefficient (Wildman–Crippen LogP) is 4.83. The maximum atomic E-state index is 11.7. The summed E-state index contributed by atoms with van der Waals surface area (Å²) in [5, 5.41) is 0. The summed E-state index contributed by atoms with van der Waals surface area (Å²) in [7, 11) is 0. The van der Waals surface area contributed by atoms with Gasteiger partial charge in [-0.25, -0.2) is 4.79 Å². The Labute approximate surface area is 198 Å². The first-order valence-electron chi connectivity index (χ1n) is 12.2. The lowest BCUT2D eigenvalue weighted by molar-refractivity contribution is -0.150. The molecule has 0 rings (SSSR count). The van der Waals surface area contributed by atoms with Crippen molar-refractivity contribution in [2.24, 2.45) is 0 Å². The first kappa shape index (κ1) is 30.6. The largest absolute Gasteiger partial charge is 0.466 e. The predicted molar refractivity (Wildman–Crippen MR) is 124 cm³/mol. The summed E-state index contributed by atoms with van der Waals surface area (Å²) in [4.78, 5) is 46.0. The smallest absolute Gasteiger partial charge is 0.333 e. The molecule has 8 heteroatoms. The first-order valence-corrected chi connectivity index (χ1v) is 12.2. The number of hydrogen-bond donors (Lipinski definition) is 0. The van der Waals surface area contributed by atoms with Crippen LogP contribution in [0.25, 0.3) is 0 Å². The van der Waals surface area contributed by atoms with Gasteiger partial charge in [-0.15, -0.1) is 0 Å². The fraction of sp³-hybridized carbons (Fsp3) is 0.760. The summed E-state index contributed by atoms with van der Waals surface area (Å²) in [6, 6.07) is 0. The number of unbranched alkanes of at least 4 members (excludes halogenated alkanes) is 7. The van der Waals surface area contributed by atoms with Gasteiger partial charge >= 0.3 is 23.9 Å². The van der Waals surface area contributed by atoms with Crippen LogP contribution in [-0.4, -0.2) is 50.3 Å². The Hall–Kier alpha value is -2.38. The highest BCUT2D eigenvalue weighted by Gasteiger charge is 2.07. The molecule has 0 heterocycles. The monoisotopic (exact) mass is 470 g/mol. The lowest BCUT2D eigenvalue weighted by atomic mass is 10.1. The van der Waals surface area contributed by atoms with Crippen molar-refractivity contribution in [3.05, 3.63) is 12.2 Å². The molecule has 0 unspecified atom stereocenters. The van der Waals surface area contributed by atoms with Gasteiger partial charge < -0.3 is 18.9 Å². The summed E-state index contributed by atoms with van der Waals surface area (Å²) in [6.07, 6.45) is 9.70. The molecule has 0 aliphatic heterocycles. The van der Waals surface area contributed by atoms with Crippen LogP contribution in [0.15, 0.2) is 12.2 Å². The Bertz CT molecular complexity index is 585. The molecule has 0 aliphatic carbocycles. The maximum Gasteiger partial charge on any atom is 0.333 e. The third-order valence-corrected chi connectivity index (χ3v) is 4.74. The quantitative estimate of drug-likeness (QED) is 0.102. The van der Waals surface area contributed by atoms with E-state index in [1.807, 2.05) is 0 Å². The lowest BCUT2D eigenvalue weighted by Gasteiger charge is -2.07. The Morgan fingerprint density at radius 3 is 1.36 bits per heavy atom. The van der Waals surface area contributed by atoms with Crippen molar-refractivity contribution in [2.75, 3.05) is 26.4 Å². The first-order chi connectivity index (χ1) is 15.9. The number of rotatable bonds is 21. The molecule has 8 nitrogen and oxygen atoms in total. The van der Waals surface area contributed by atoms with E-state index in [0.717, 1.165) is 44.9 Å². The maximum absolute atomic E-state index is 11.7. The minimum absolute atomic E-state index is 0.0116. The van der Waals surface area contributed by atoms with E-state index < -0.39 is 5.97 Å². The molecular formula is C25H42O8. The van der Waals surface area contributed by atoms with E-state index in [9.17, 15) is 19.2 Å². The molecule has 0 aliphatic rings. The molecule has 0 radical (unpaired) electrons. The molecule has 0 aromatic heterocycles. The molecule has 190 valence electrons. The van der Waals surface area contributed by atoms with Gasteiger partial charge in [-0.05, 0) is 51.9 Å². The highest BCUT2D eigenvalue weighted by molar-refractivity contribution is 5.86. The van der Waals surface area contributed by atoms with E-state index in [-0.39, 0.29) is 37.5 Å². The fourth-order valence-corrected chi connectivity index (χ4v) is 2.79. The normalized spacial score (nSPS) is 10.4. The molecule has 0 saturated carbocycles. The van der Waals surface area contributed by atoms with Crippen molar-refractivity contribution < 1.29 is 38.1 Å². The standard InChI is InChI=1S/C25H42O8/c1-4-5-6-9-14-22(26)30-17-12-7-10-15-23(27)31-18-13-8-11-16-24(28)32-19-20-33-25(29)21(2)3/h2,4-20H2,1,3H3. The summed E-state index contributed by atoms with van der Waals surface area (Å²) in [5.74, 6) is -1.22. The Kier molecular flexibility index (Phi) is 19.9. The van der Waals surface area contributed by atoms with Crippen molar-refractivity contribution in [3.8, 4) is 0 Å². The average Bonchev–Trinajstić information content (AvgIpc) is 2.78. The molecule has 0 atom stereocenters. The van der Waals surface area contributed by atoms with Crippen LogP contribution in [0.5, 0.6) is 0 Å². The van der Waals surface area contributed by atoms with Crippen molar-refractivity contribution in [1.82, 2.24) is 0 Å². The van der Waals surface area contributed by atoms with Crippen molar-refractivity contribution in [3.63, 3.8) is 0 Å². The second-order valence-corrected chi connectivity index (χ2v) is 8.01. The summed E-state index contributed by atoms with van der Waals surface area (Å²) in [6.45, 7) is 7.91. The van der Waals surface area contributed by atoms with Crippen molar-refractivity contribution >= 4 is 23.9 Å². The van der Waals surface area contributed by atoms with Crippen molar-refractivity contribution in [1.29, 1.82) is 0 Å². The molecule has 0 saturated heterocycles. The number of ether oxygens (including phenoxy) is 4. The molecule has 0 aromatic carbocycles. The van der Waals surface area contributed by atoms with Crippen LogP contribution in [0.2, 0.25) is 0 Å². The van der Waals surface area contributed by atoms with Gasteiger partial charge in [0.25, 0.3) is 0 Å². The lowest BCUT2D eigenvalue weighted by Crippen LogP contribution is -2.14. The molecule has 0 amide bonds. The number of hydrogen-bond acceptors (Lipinski definition) is 8. The molecular weight excluding hydrogens is 428 g/mol. The van der Waals surface area contributed by atoms with Gasteiger partial charge in [0.05, 0.1) is 13.2 Å². The topological polar surface area (TPSA) is 105 Å². The fourth-order valence-electron chi connectivity index (χ4n) is 2.79. The summed E-state index contributed by atoms with van der Waals surface area (Å²) >= 11 is 0. The number of esters is 4. The van der Waals surface area contributed by atoms with Gasteiger partial charge in [-0.1, -0.05) is 32.8 Å². The summed E-state index contributed by atoms with van der Waals surface area (Å²) in [5.41, 5.74) is 0.299. The molecule has 0 N–H and O–H groups in total. The molecule has 0 bridgehead atoms. The second-order valence-electron chi connectivity index (χ2n) is 8.01. The molecule has 33 heavy (non-hydrogen) atoms. The van der Waals surface area contributed by atoms with Crippen LogP contribution in [0, 0.1) is 0 Å². The number of carbonyl (C=O) groups excluding carboxylic acids is 4.